The minimum absolute atomic E-state index is 0.149. The highest BCUT2D eigenvalue weighted by molar-refractivity contribution is 7.80. The fourth-order valence-electron chi connectivity index (χ4n) is 5.09. The molecule has 2 N–H and O–H groups in total. The molecule has 198 valence electrons. The van der Waals surface area contributed by atoms with Crippen LogP contribution in [-0.2, 0) is 0 Å². The van der Waals surface area contributed by atoms with Gasteiger partial charge in [0.25, 0.3) is 0 Å². The van der Waals surface area contributed by atoms with Crippen molar-refractivity contribution in [2.75, 3.05) is 42.7 Å². The molecule has 0 spiro atoms. The average Bonchev–Trinajstić information content (AvgIpc) is 2.91. The SMILES string of the molecule is COc1cc(/C=C2\C[C@@H](C)CC3=C2NC(=S)N[C@@H]3c2cc(OC)c(OC)c(OC)c2)cc(OC)c1OC. The van der Waals surface area contributed by atoms with Crippen LogP contribution in [0.2, 0.25) is 0 Å². The molecule has 2 aromatic rings. The fourth-order valence-corrected chi connectivity index (χ4v) is 5.31. The van der Waals surface area contributed by atoms with Crippen molar-refractivity contribution >= 4 is 23.4 Å². The normalized spacial score (nSPS) is 20.0. The van der Waals surface area contributed by atoms with Crippen LogP contribution in [0, 0.1) is 5.92 Å². The number of allylic oxidation sites excluding steroid dienone is 1. The second-order valence-electron chi connectivity index (χ2n) is 9.03. The molecule has 0 radical (unpaired) electrons. The van der Waals surface area contributed by atoms with Gasteiger partial charge < -0.3 is 39.1 Å². The minimum atomic E-state index is -0.149. The van der Waals surface area contributed by atoms with Crippen LogP contribution in [-0.4, -0.2) is 47.8 Å². The molecule has 37 heavy (non-hydrogen) atoms. The zero-order valence-electron chi connectivity index (χ0n) is 22.3. The van der Waals surface area contributed by atoms with Crippen molar-refractivity contribution < 1.29 is 28.4 Å². The lowest BCUT2D eigenvalue weighted by atomic mass is 9.78. The van der Waals surface area contributed by atoms with E-state index in [1.165, 1.54) is 5.57 Å². The third kappa shape index (κ3) is 5.13. The van der Waals surface area contributed by atoms with Gasteiger partial charge in [0.05, 0.1) is 48.7 Å². The molecule has 2 aliphatic rings. The first kappa shape index (κ1) is 26.5. The van der Waals surface area contributed by atoms with Gasteiger partial charge in [-0.15, -0.1) is 0 Å². The van der Waals surface area contributed by atoms with Gasteiger partial charge in [-0.25, -0.2) is 0 Å². The van der Waals surface area contributed by atoms with E-state index >= 15 is 0 Å². The van der Waals surface area contributed by atoms with Crippen molar-refractivity contribution in [2.24, 2.45) is 5.92 Å². The molecule has 2 atom stereocenters. The van der Waals surface area contributed by atoms with Crippen LogP contribution in [0.25, 0.3) is 6.08 Å². The Balaban J connectivity index is 1.85. The molecule has 0 saturated carbocycles. The van der Waals surface area contributed by atoms with E-state index in [1.54, 1.807) is 42.7 Å². The Morgan fingerprint density at radius 2 is 1.27 bits per heavy atom. The standard InChI is InChI=1S/C28H34N2O6S/c1-15-8-17(10-16-11-20(31-2)26(35-6)21(12-16)32-3)24-19(9-15)25(30-28(37)29-24)18-13-22(33-4)27(36-7)23(14-18)34-5/h10-15,25H,8-9H2,1-7H3,(H2,29,30,37)/b17-10+/t15-,25-/m1/s1. The van der Waals surface area contributed by atoms with Gasteiger partial charge in [-0.2, -0.15) is 0 Å². The van der Waals surface area contributed by atoms with E-state index in [4.69, 9.17) is 40.6 Å². The quantitative estimate of drug-likeness (QED) is 0.461. The predicted octanol–water partition coefficient (Wildman–Crippen LogP) is 5.02. The van der Waals surface area contributed by atoms with Crippen LogP contribution >= 0.6 is 12.2 Å². The zero-order chi connectivity index (χ0) is 26.7. The van der Waals surface area contributed by atoms with Crippen LogP contribution < -0.4 is 39.1 Å². The summed E-state index contributed by atoms with van der Waals surface area (Å²) >= 11 is 5.65. The van der Waals surface area contributed by atoms with Gasteiger partial charge in [-0.1, -0.05) is 6.92 Å². The minimum Gasteiger partial charge on any atom is -0.493 e. The molecule has 1 heterocycles. The summed E-state index contributed by atoms with van der Waals surface area (Å²) in [5, 5.41) is 7.44. The Morgan fingerprint density at radius 1 is 0.757 bits per heavy atom. The molecule has 0 saturated heterocycles. The van der Waals surface area contributed by atoms with Crippen LogP contribution in [0.1, 0.15) is 36.9 Å². The maximum atomic E-state index is 5.65. The third-order valence-electron chi connectivity index (χ3n) is 6.69. The first-order valence-corrected chi connectivity index (χ1v) is 12.4. The lowest BCUT2D eigenvalue weighted by Gasteiger charge is -2.38. The Kier molecular flexibility index (Phi) is 8.02. The second-order valence-corrected chi connectivity index (χ2v) is 9.44. The molecule has 1 aliphatic carbocycles. The molecular formula is C28H34N2O6S. The largest absolute Gasteiger partial charge is 0.493 e. The van der Waals surface area contributed by atoms with E-state index in [-0.39, 0.29) is 6.04 Å². The van der Waals surface area contributed by atoms with Gasteiger partial charge in [0.2, 0.25) is 11.5 Å². The van der Waals surface area contributed by atoms with Crippen molar-refractivity contribution in [3.8, 4) is 34.5 Å². The molecule has 8 nitrogen and oxygen atoms in total. The summed E-state index contributed by atoms with van der Waals surface area (Å²) < 4.78 is 33.4. The summed E-state index contributed by atoms with van der Waals surface area (Å²) in [4.78, 5) is 0. The van der Waals surface area contributed by atoms with Crippen molar-refractivity contribution in [1.29, 1.82) is 0 Å². The number of hydrogen-bond donors (Lipinski definition) is 2. The lowest BCUT2D eigenvalue weighted by molar-refractivity contribution is 0.323. The van der Waals surface area contributed by atoms with E-state index in [0.29, 0.717) is 45.5 Å². The van der Waals surface area contributed by atoms with Crippen molar-refractivity contribution in [3.05, 3.63) is 52.2 Å². The first-order chi connectivity index (χ1) is 17.9. The lowest BCUT2D eigenvalue weighted by Crippen LogP contribution is -2.45. The van der Waals surface area contributed by atoms with Crippen molar-refractivity contribution in [2.45, 2.75) is 25.8 Å². The smallest absolute Gasteiger partial charge is 0.203 e. The van der Waals surface area contributed by atoms with E-state index in [1.807, 2.05) is 24.3 Å². The Hall–Kier alpha value is -3.59. The summed E-state index contributed by atoms with van der Waals surface area (Å²) in [6.45, 7) is 2.26. The molecule has 9 heteroatoms. The Labute approximate surface area is 223 Å². The average molecular weight is 527 g/mol. The highest BCUT2D eigenvalue weighted by Crippen LogP contribution is 2.46. The van der Waals surface area contributed by atoms with Gasteiger partial charge in [0, 0.05) is 5.70 Å². The highest BCUT2D eigenvalue weighted by atomic mass is 32.1. The number of hydrogen-bond acceptors (Lipinski definition) is 7. The number of nitrogens with one attached hydrogen (secondary N) is 2. The van der Waals surface area contributed by atoms with Gasteiger partial charge >= 0.3 is 0 Å². The van der Waals surface area contributed by atoms with Crippen LogP contribution in [0.3, 0.4) is 0 Å². The molecule has 0 bridgehead atoms. The first-order valence-electron chi connectivity index (χ1n) is 12.0. The summed E-state index contributed by atoms with van der Waals surface area (Å²) in [5.41, 5.74) is 5.34. The Bertz CT molecular complexity index is 1210. The van der Waals surface area contributed by atoms with Crippen LogP contribution in [0.4, 0.5) is 0 Å². The van der Waals surface area contributed by atoms with Gasteiger partial charge in [0.15, 0.2) is 28.1 Å². The molecule has 0 fully saturated rings. The summed E-state index contributed by atoms with van der Waals surface area (Å²) in [7, 11) is 9.67. The summed E-state index contributed by atoms with van der Waals surface area (Å²) in [6, 6.07) is 7.69. The fraction of sp³-hybridized carbons (Fsp3) is 0.393. The third-order valence-corrected chi connectivity index (χ3v) is 6.91. The van der Waals surface area contributed by atoms with E-state index in [9.17, 15) is 0 Å². The van der Waals surface area contributed by atoms with Gasteiger partial charge in [0.1, 0.15) is 0 Å². The van der Waals surface area contributed by atoms with Crippen LogP contribution in [0.5, 0.6) is 34.5 Å². The second kappa shape index (κ2) is 11.2. The van der Waals surface area contributed by atoms with Gasteiger partial charge in [-0.05, 0) is 83.6 Å². The summed E-state index contributed by atoms with van der Waals surface area (Å²) in [6.07, 6.45) is 3.96. The van der Waals surface area contributed by atoms with Crippen LogP contribution in [0.15, 0.2) is 41.1 Å². The molecule has 4 rings (SSSR count). The molecule has 0 aromatic heterocycles. The molecular weight excluding hydrogens is 492 g/mol. The Morgan fingerprint density at radius 3 is 1.76 bits per heavy atom. The maximum absolute atomic E-state index is 5.65. The maximum Gasteiger partial charge on any atom is 0.203 e. The topological polar surface area (TPSA) is 79.4 Å². The number of ether oxygens (including phenoxy) is 6. The van der Waals surface area contributed by atoms with E-state index < -0.39 is 0 Å². The monoisotopic (exact) mass is 526 g/mol. The number of benzene rings is 2. The number of rotatable bonds is 8. The zero-order valence-corrected chi connectivity index (χ0v) is 23.1. The van der Waals surface area contributed by atoms with E-state index in [2.05, 4.69) is 23.6 Å². The van der Waals surface area contributed by atoms with E-state index in [0.717, 1.165) is 35.2 Å². The number of methoxy groups -OCH3 is 6. The number of thiocarbonyl (C=S) groups is 1. The summed E-state index contributed by atoms with van der Waals surface area (Å²) in [5.74, 6) is 3.95. The molecule has 0 unspecified atom stereocenters. The molecule has 0 amide bonds. The molecule has 1 aliphatic heterocycles. The molecule has 2 aromatic carbocycles. The predicted molar refractivity (Wildman–Crippen MR) is 147 cm³/mol. The highest BCUT2D eigenvalue weighted by Gasteiger charge is 2.34. The van der Waals surface area contributed by atoms with Gasteiger partial charge in [-0.3, -0.25) is 0 Å². The van der Waals surface area contributed by atoms with Crippen molar-refractivity contribution in [3.63, 3.8) is 0 Å². The van der Waals surface area contributed by atoms with Crippen molar-refractivity contribution in [1.82, 2.24) is 10.6 Å².